The summed E-state index contributed by atoms with van der Waals surface area (Å²) in [7, 11) is 0. The van der Waals surface area contributed by atoms with Crippen molar-refractivity contribution in [2.75, 3.05) is 5.32 Å². The number of pyridine rings is 1. The van der Waals surface area contributed by atoms with Crippen LogP contribution < -0.4 is 11.1 Å². The van der Waals surface area contributed by atoms with Crippen molar-refractivity contribution in [3.8, 4) is 11.1 Å². The van der Waals surface area contributed by atoms with Crippen LogP contribution in [0.4, 0.5) is 5.69 Å². The molecule has 3 N–H and O–H groups in total. The van der Waals surface area contributed by atoms with E-state index in [0.717, 1.165) is 34.5 Å². The van der Waals surface area contributed by atoms with Gasteiger partial charge in [0.2, 0.25) is 0 Å². The minimum absolute atomic E-state index is 0. The maximum atomic E-state index is 12.7. The summed E-state index contributed by atoms with van der Waals surface area (Å²) in [5, 5.41) is 6.60. The molecule has 0 saturated heterocycles. The SMILES string of the molecule is Cc1ccc(-c2c(CN)c(CC(C)C)nc(C)c2NC(=O)c2cnoc2)cc1.Cl.Cl. The van der Waals surface area contributed by atoms with E-state index in [0.29, 0.717) is 23.7 Å². The van der Waals surface area contributed by atoms with Crippen molar-refractivity contribution in [3.05, 3.63) is 64.8 Å². The standard InChI is InChI=1S/C22H26N4O2.2ClH/c1-13(2)9-19-18(10-23)20(16-7-5-14(3)6-8-16)21(15(4)25-19)26-22(27)17-11-24-28-12-17;;/h5-8,11-13H,9-10,23H2,1-4H3,(H,26,27);2*1H. The number of amides is 1. The molecule has 3 rings (SSSR count). The van der Waals surface area contributed by atoms with Crippen LogP contribution in [0.25, 0.3) is 11.1 Å². The van der Waals surface area contributed by atoms with Crippen molar-refractivity contribution in [1.29, 1.82) is 0 Å². The predicted octanol–water partition coefficient (Wildman–Crippen LogP) is 5.11. The van der Waals surface area contributed by atoms with Gasteiger partial charge in [-0.3, -0.25) is 9.78 Å². The summed E-state index contributed by atoms with van der Waals surface area (Å²) in [6.07, 6.45) is 3.54. The average molecular weight is 451 g/mol. The second-order valence-electron chi connectivity index (χ2n) is 7.41. The summed E-state index contributed by atoms with van der Waals surface area (Å²) >= 11 is 0. The number of hydrogen-bond acceptors (Lipinski definition) is 5. The smallest absolute Gasteiger partial charge is 0.260 e. The molecule has 0 unspecified atom stereocenters. The number of nitrogens with two attached hydrogens (primary N) is 1. The lowest BCUT2D eigenvalue weighted by Crippen LogP contribution is -2.17. The molecule has 0 spiro atoms. The monoisotopic (exact) mass is 450 g/mol. The molecule has 162 valence electrons. The number of nitrogens with zero attached hydrogens (tertiary/aromatic N) is 2. The first-order chi connectivity index (χ1) is 13.4. The Morgan fingerprint density at radius 2 is 1.83 bits per heavy atom. The molecule has 0 bridgehead atoms. The number of halogens is 2. The molecular weight excluding hydrogens is 423 g/mol. The Hall–Kier alpha value is -2.41. The van der Waals surface area contributed by atoms with Gasteiger partial charge in [-0.25, -0.2) is 0 Å². The van der Waals surface area contributed by atoms with Gasteiger partial charge in [0.25, 0.3) is 5.91 Å². The van der Waals surface area contributed by atoms with Gasteiger partial charge in [-0.2, -0.15) is 0 Å². The summed E-state index contributed by atoms with van der Waals surface area (Å²) in [4.78, 5) is 17.4. The number of anilines is 1. The van der Waals surface area contributed by atoms with Crippen molar-refractivity contribution in [3.63, 3.8) is 0 Å². The number of rotatable bonds is 6. The van der Waals surface area contributed by atoms with Crippen LogP contribution in [0.5, 0.6) is 0 Å². The number of carbonyl (C=O) groups is 1. The Bertz CT molecular complexity index is 972. The summed E-state index contributed by atoms with van der Waals surface area (Å²) in [6, 6.07) is 8.22. The third-order valence-electron chi connectivity index (χ3n) is 4.64. The number of carbonyl (C=O) groups excluding carboxylic acids is 1. The number of benzene rings is 1. The van der Waals surface area contributed by atoms with Crippen LogP contribution in [0.1, 0.15) is 46.7 Å². The minimum Gasteiger partial charge on any atom is -0.364 e. The van der Waals surface area contributed by atoms with E-state index >= 15 is 0 Å². The summed E-state index contributed by atoms with van der Waals surface area (Å²) in [6.45, 7) is 8.61. The van der Waals surface area contributed by atoms with Crippen LogP contribution in [0, 0.1) is 19.8 Å². The van der Waals surface area contributed by atoms with E-state index in [-0.39, 0.29) is 30.7 Å². The quantitative estimate of drug-likeness (QED) is 0.544. The van der Waals surface area contributed by atoms with Crippen molar-refractivity contribution < 1.29 is 9.32 Å². The lowest BCUT2D eigenvalue weighted by atomic mass is 9.92. The van der Waals surface area contributed by atoms with E-state index in [1.54, 1.807) is 0 Å². The molecule has 1 aromatic carbocycles. The molecule has 0 radical (unpaired) electrons. The molecule has 0 atom stereocenters. The van der Waals surface area contributed by atoms with E-state index in [9.17, 15) is 4.79 Å². The van der Waals surface area contributed by atoms with Gasteiger partial charge in [0, 0.05) is 17.8 Å². The number of aromatic nitrogens is 2. The molecule has 6 nitrogen and oxygen atoms in total. The first-order valence-electron chi connectivity index (χ1n) is 9.40. The molecule has 30 heavy (non-hydrogen) atoms. The highest BCUT2D eigenvalue weighted by atomic mass is 35.5. The van der Waals surface area contributed by atoms with Gasteiger partial charge in [-0.15, -0.1) is 24.8 Å². The van der Waals surface area contributed by atoms with Gasteiger partial charge >= 0.3 is 0 Å². The molecule has 2 heterocycles. The zero-order chi connectivity index (χ0) is 20.3. The average Bonchev–Trinajstić information content (AvgIpc) is 3.18. The molecule has 0 aliphatic heterocycles. The molecule has 2 aromatic heterocycles. The van der Waals surface area contributed by atoms with Gasteiger partial charge in [-0.1, -0.05) is 48.8 Å². The maximum absolute atomic E-state index is 12.7. The molecule has 0 fully saturated rings. The molecule has 0 saturated carbocycles. The van der Waals surface area contributed by atoms with Crippen LogP contribution in [-0.4, -0.2) is 16.0 Å². The van der Waals surface area contributed by atoms with E-state index in [2.05, 4.69) is 48.6 Å². The van der Waals surface area contributed by atoms with Crippen molar-refractivity contribution >= 4 is 36.4 Å². The maximum Gasteiger partial charge on any atom is 0.260 e. The molecule has 0 aliphatic rings. The lowest BCUT2D eigenvalue weighted by Gasteiger charge is -2.21. The van der Waals surface area contributed by atoms with E-state index in [1.807, 2.05) is 13.8 Å². The first-order valence-corrected chi connectivity index (χ1v) is 9.40. The normalized spacial score (nSPS) is 10.3. The van der Waals surface area contributed by atoms with E-state index in [1.165, 1.54) is 18.0 Å². The largest absolute Gasteiger partial charge is 0.364 e. The Morgan fingerprint density at radius 3 is 2.37 bits per heavy atom. The Balaban J connectivity index is 0.00000225. The first kappa shape index (κ1) is 25.6. The zero-order valence-electron chi connectivity index (χ0n) is 17.6. The number of aryl methyl sites for hydroxylation is 2. The molecule has 8 heteroatoms. The van der Waals surface area contributed by atoms with Gasteiger partial charge in [0.15, 0.2) is 0 Å². The number of hydrogen-bond donors (Lipinski definition) is 2. The van der Waals surface area contributed by atoms with Gasteiger partial charge in [0.1, 0.15) is 6.26 Å². The van der Waals surface area contributed by atoms with Crippen LogP contribution in [0.3, 0.4) is 0 Å². The van der Waals surface area contributed by atoms with Crippen LogP contribution in [-0.2, 0) is 13.0 Å². The van der Waals surface area contributed by atoms with Crippen molar-refractivity contribution in [2.24, 2.45) is 11.7 Å². The molecule has 1 amide bonds. The second kappa shape index (κ2) is 11.1. The minimum atomic E-state index is -0.293. The fourth-order valence-corrected chi connectivity index (χ4v) is 3.27. The Labute approximate surface area is 189 Å². The summed E-state index contributed by atoms with van der Waals surface area (Å²) in [5.74, 6) is 0.152. The highest BCUT2D eigenvalue weighted by Crippen LogP contribution is 2.36. The third-order valence-corrected chi connectivity index (χ3v) is 4.64. The zero-order valence-corrected chi connectivity index (χ0v) is 19.2. The van der Waals surface area contributed by atoms with Gasteiger partial charge < -0.3 is 15.6 Å². The van der Waals surface area contributed by atoms with Crippen LogP contribution in [0.2, 0.25) is 0 Å². The fraction of sp³-hybridized carbons (Fsp3) is 0.318. The lowest BCUT2D eigenvalue weighted by molar-refractivity contribution is 0.102. The van der Waals surface area contributed by atoms with Crippen LogP contribution >= 0.6 is 24.8 Å². The third kappa shape index (κ3) is 5.59. The number of nitrogens with one attached hydrogen (secondary N) is 1. The van der Waals surface area contributed by atoms with Crippen LogP contribution in [0.15, 0.2) is 41.2 Å². The summed E-state index contributed by atoms with van der Waals surface area (Å²) in [5.41, 5.74) is 13.0. The summed E-state index contributed by atoms with van der Waals surface area (Å²) < 4.78 is 4.79. The topological polar surface area (TPSA) is 94.0 Å². The predicted molar refractivity (Wildman–Crippen MR) is 125 cm³/mol. The molecule has 0 aliphatic carbocycles. The van der Waals surface area contributed by atoms with Gasteiger partial charge in [0.05, 0.1) is 23.1 Å². The molecule has 3 aromatic rings. The molecular formula is C22H28Cl2N4O2. The Morgan fingerprint density at radius 1 is 1.17 bits per heavy atom. The van der Waals surface area contributed by atoms with E-state index < -0.39 is 0 Å². The van der Waals surface area contributed by atoms with Crippen molar-refractivity contribution in [2.45, 2.75) is 40.7 Å². The highest BCUT2D eigenvalue weighted by molar-refractivity contribution is 6.06. The van der Waals surface area contributed by atoms with Gasteiger partial charge in [-0.05, 0) is 37.3 Å². The Kier molecular flexibility index (Phi) is 9.49. The second-order valence-corrected chi connectivity index (χ2v) is 7.41. The van der Waals surface area contributed by atoms with Crippen molar-refractivity contribution in [1.82, 2.24) is 10.1 Å². The van der Waals surface area contributed by atoms with E-state index in [4.69, 9.17) is 15.2 Å². The highest BCUT2D eigenvalue weighted by Gasteiger charge is 2.21. The fourth-order valence-electron chi connectivity index (χ4n) is 3.27.